The average molecular weight is 226 g/mol. The fourth-order valence-corrected chi connectivity index (χ4v) is 1.64. The van der Waals surface area contributed by atoms with Gasteiger partial charge < -0.3 is 5.32 Å². The van der Waals surface area contributed by atoms with Crippen LogP contribution in [0.25, 0.3) is 0 Å². The maximum absolute atomic E-state index is 12.0. The summed E-state index contributed by atoms with van der Waals surface area (Å²) >= 11 is 5.77. The first-order valence-electron chi connectivity index (χ1n) is 5.13. The van der Waals surface area contributed by atoms with Crippen molar-refractivity contribution >= 4 is 17.4 Å². The van der Waals surface area contributed by atoms with Crippen molar-refractivity contribution in [2.75, 3.05) is 13.6 Å². The molecule has 0 radical (unpaired) electrons. The third-order valence-electron chi connectivity index (χ3n) is 2.44. The first kappa shape index (κ1) is 12.2. The zero-order chi connectivity index (χ0) is 11.3. The monoisotopic (exact) mass is 225 g/mol. The van der Waals surface area contributed by atoms with Gasteiger partial charge in [0.05, 0.1) is 0 Å². The highest BCUT2D eigenvalue weighted by molar-refractivity contribution is 6.30. The summed E-state index contributed by atoms with van der Waals surface area (Å²) < 4.78 is 0. The Labute approximate surface area is 95.6 Å². The van der Waals surface area contributed by atoms with Crippen LogP contribution in [-0.2, 0) is 0 Å². The second kappa shape index (κ2) is 5.89. The Morgan fingerprint density at radius 3 is 2.47 bits per heavy atom. The fourth-order valence-electron chi connectivity index (χ4n) is 1.52. The average Bonchev–Trinajstić information content (AvgIpc) is 2.26. The van der Waals surface area contributed by atoms with Gasteiger partial charge in [0.15, 0.2) is 5.78 Å². The number of halogens is 1. The Morgan fingerprint density at radius 2 is 2.00 bits per heavy atom. The minimum absolute atomic E-state index is 0.0520. The second-order valence-corrected chi connectivity index (χ2v) is 3.97. The predicted octanol–water partition coefficient (Wildman–Crippen LogP) is 2.77. The third-order valence-corrected chi connectivity index (χ3v) is 2.69. The Hall–Kier alpha value is -0.860. The van der Waals surface area contributed by atoms with E-state index in [-0.39, 0.29) is 11.7 Å². The van der Waals surface area contributed by atoms with E-state index in [1.54, 1.807) is 24.3 Å². The van der Waals surface area contributed by atoms with Crippen molar-refractivity contribution in [1.29, 1.82) is 0 Å². The SMILES string of the molecule is CCC(CNC)C(=O)c1ccc(Cl)cc1. The highest BCUT2D eigenvalue weighted by atomic mass is 35.5. The molecule has 2 nitrogen and oxygen atoms in total. The fraction of sp³-hybridized carbons (Fsp3) is 0.417. The molecule has 0 saturated carbocycles. The molecule has 1 aromatic carbocycles. The number of nitrogens with one attached hydrogen (secondary N) is 1. The van der Waals surface area contributed by atoms with Crippen LogP contribution < -0.4 is 5.32 Å². The summed E-state index contributed by atoms with van der Waals surface area (Å²) in [5.41, 5.74) is 0.738. The minimum atomic E-state index is 0.0520. The molecule has 0 fully saturated rings. The van der Waals surface area contributed by atoms with Gasteiger partial charge in [-0.1, -0.05) is 18.5 Å². The van der Waals surface area contributed by atoms with Crippen LogP contribution in [0.4, 0.5) is 0 Å². The normalized spacial score (nSPS) is 12.5. The summed E-state index contributed by atoms with van der Waals surface area (Å²) in [6, 6.07) is 7.06. The van der Waals surface area contributed by atoms with Crippen LogP contribution in [0.3, 0.4) is 0 Å². The number of benzene rings is 1. The van der Waals surface area contributed by atoms with E-state index in [1.165, 1.54) is 0 Å². The van der Waals surface area contributed by atoms with Crippen LogP contribution >= 0.6 is 11.6 Å². The Kier molecular flexibility index (Phi) is 4.79. The van der Waals surface area contributed by atoms with Gasteiger partial charge in [0.25, 0.3) is 0 Å². The summed E-state index contributed by atoms with van der Waals surface area (Å²) in [7, 11) is 1.86. The lowest BCUT2D eigenvalue weighted by atomic mass is 9.95. The molecule has 1 aromatic rings. The molecule has 3 heteroatoms. The number of carbonyl (C=O) groups excluding carboxylic acids is 1. The summed E-state index contributed by atoms with van der Waals surface area (Å²) in [4.78, 5) is 12.0. The smallest absolute Gasteiger partial charge is 0.167 e. The van der Waals surface area contributed by atoms with Gasteiger partial charge in [-0.25, -0.2) is 0 Å². The third kappa shape index (κ3) is 3.33. The standard InChI is InChI=1S/C12H16ClNO/c1-3-9(8-14-2)12(15)10-4-6-11(13)7-5-10/h4-7,9,14H,3,8H2,1-2H3. The molecule has 1 N–H and O–H groups in total. The highest BCUT2D eigenvalue weighted by Crippen LogP contribution is 2.15. The molecule has 1 unspecified atom stereocenters. The van der Waals surface area contributed by atoms with Crippen molar-refractivity contribution in [2.24, 2.45) is 5.92 Å². The Morgan fingerprint density at radius 1 is 1.40 bits per heavy atom. The van der Waals surface area contributed by atoms with Crippen LogP contribution in [0, 0.1) is 5.92 Å². The Bertz CT molecular complexity index is 321. The highest BCUT2D eigenvalue weighted by Gasteiger charge is 2.16. The lowest BCUT2D eigenvalue weighted by Gasteiger charge is -2.12. The predicted molar refractivity (Wildman–Crippen MR) is 63.5 cm³/mol. The Balaban J connectivity index is 2.78. The summed E-state index contributed by atoms with van der Waals surface area (Å²) in [5.74, 6) is 0.236. The first-order valence-corrected chi connectivity index (χ1v) is 5.51. The number of rotatable bonds is 5. The molecule has 0 spiro atoms. The van der Waals surface area contributed by atoms with Gasteiger partial charge in [0.1, 0.15) is 0 Å². The molecule has 1 rings (SSSR count). The zero-order valence-corrected chi connectivity index (χ0v) is 9.84. The largest absolute Gasteiger partial charge is 0.319 e. The van der Waals surface area contributed by atoms with E-state index in [1.807, 2.05) is 14.0 Å². The van der Waals surface area contributed by atoms with Crippen LogP contribution in [0.5, 0.6) is 0 Å². The first-order chi connectivity index (χ1) is 7.19. The maximum atomic E-state index is 12.0. The molecule has 82 valence electrons. The lowest BCUT2D eigenvalue weighted by molar-refractivity contribution is 0.0916. The van der Waals surface area contributed by atoms with Gasteiger partial charge >= 0.3 is 0 Å². The van der Waals surface area contributed by atoms with Crippen molar-refractivity contribution in [3.05, 3.63) is 34.9 Å². The molecule has 0 aliphatic heterocycles. The lowest BCUT2D eigenvalue weighted by Crippen LogP contribution is -2.25. The van der Waals surface area contributed by atoms with Crippen molar-refractivity contribution in [2.45, 2.75) is 13.3 Å². The van der Waals surface area contributed by atoms with E-state index < -0.39 is 0 Å². The summed E-state index contributed by atoms with van der Waals surface area (Å²) in [6.07, 6.45) is 0.850. The number of carbonyl (C=O) groups is 1. The van der Waals surface area contributed by atoms with Crippen LogP contribution in [0.2, 0.25) is 5.02 Å². The van der Waals surface area contributed by atoms with Gasteiger partial charge in [-0.3, -0.25) is 4.79 Å². The van der Waals surface area contributed by atoms with Crippen LogP contribution in [-0.4, -0.2) is 19.4 Å². The quantitative estimate of drug-likeness (QED) is 0.781. The van der Waals surface area contributed by atoms with Crippen LogP contribution in [0.1, 0.15) is 23.7 Å². The molecule has 0 aromatic heterocycles. The summed E-state index contributed by atoms with van der Waals surface area (Å²) in [5, 5.41) is 3.69. The van der Waals surface area contributed by atoms with E-state index in [9.17, 15) is 4.79 Å². The van der Waals surface area contributed by atoms with Crippen molar-refractivity contribution < 1.29 is 4.79 Å². The van der Waals surface area contributed by atoms with Gasteiger partial charge in [-0.05, 0) is 37.7 Å². The maximum Gasteiger partial charge on any atom is 0.167 e. The van der Waals surface area contributed by atoms with Gasteiger partial charge in [-0.2, -0.15) is 0 Å². The van der Waals surface area contributed by atoms with Crippen LogP contribution in [0.15, 0.2) is 24.3 Å². The topological polar surface area (TPSA) is 29.1 Å². The van der Waals surface area contributed by atoms with Crippen molar-refractivity contribution in [1.82, 2.24) is 5.32 Å². The van der Waals surface area contributed by atoms with E-state index in [0.717, 1.165) is 18.5 Å². The molecule has 0 aliphatic carbocycles. The molecule has 0 bridgehead atoms. The van der Waals surface area contributed by atoms with E-state index >= 15 is 0 Å². The van der Waals surface area contributed by atoms with E-state index in [0.29, 0.717) is 5.02 Å². The molecule has 1 atom stereocenters. The van der Waals surface area contributed by atoms with E-state index in [2.05, 4.69) is 5.32 Å². The van der Waals surface area contributed by atoms with Crippen molar-refractivity contribution in [3.8, 4) is 0 Å². The molecule has 15 heavy (non-hydrogen) atoms. The number of Topliss-reactive ketones (excluding diaryl/α,β-unsaturated/α-hetero) is 1. The van der Waals surface area contributed by atoms with Gasteiger partial charge in [-0.15, -0.1) is 0 Å². The molecule has 0 saturated heterocycles. The number of hydrogen-bond acceptors (Lipinski definition) is 2. The van der Waals surface area contributed by atoms with Gasteiger partial charge in [0.2, 0.25) is 0 Å². The molecular formula is C12H16ClNO. The molecular weight excluding hydrogens is 210 g/mol. The molecule has 0 amide bonds. The molecule has 0 heterocycles. The second-order valence-electron chi connectivity index (χ2n) is 3.53. The van der Waals surface area contributed by atoms with Gasteiger partial charge in [0, 0.05) is 23.0 Å². The summed E-state index contributed by atoms with van der Waals surface area (Å²) in [6.45, 7) is 2.74. The minimum Gasteiger partial charge on any atom is -0.319 e. The zero-order valence-electron chi connectivity index (χ0n) is 9.09. The van der Waals surface area contributed by atoms with E-state index in [4.69, 9.17) is 11.6 Å². The van der Waals surface area contributed by atoms with Crippen molar-refractivity contribution in [3.63, 3.8) is 0 Å². The number of ketones is 1. The molecule has 0 aliphatic rings. The number of hydrogen-bond donors (Lipinski definition) is 1.